The van der Waals surface area contributed by atoms with Crippen molar-refractivity contribution in [1.29, 1.82) is 0 Å². The van der Waals surface area contributed by atoms with E-state index in [0.29, 0.717) is 16.8 Å². The average molecular weight is 396 g/mol. The molecule has 0 radical (unpaired) electrons. The summed E-state index contributed by atoms with van der Waals surface area (Å²) in [5, 5.41) is 0. The van der Waals surface area contributed by atoms with Crippen LogP contribution in [0.25, 0.3) is 0 Å². The van der Waals surface area contributed by atoms with Gasteiger partial charge in [-0.15, -0.1) is 0 Å². The number of carbonyl (C=O) groups excluding carboxylic acids is 3. The Morgan fingerprint density at radius 3 is 2.66 bits per heavy atom. The Hall–Kier alpha value is -3.22. The van der Waals surface area contributed by atoms with Crippen molar-refractivity contribution < 1.29 is 23.5 Å². The number of carbonyl (C=O) groups is 3. The molecule has 2 aromatic carbocycles. The van der Waals surface area contributed by atoms with Crippen LogP contribution in [0.5, 0.6) is 0 Å². The number of para-hydroxylation sites is 1. The van der Waals surface area contributed by atoms with E-state index in [-0.39, 0.29) is 37.3 Å². The van der Waals surface area contributed by atoms with Crippen LogP contribution < -0.4 is 4.90 Å². The van der Waals surface area contributed by atoms with Crippen molar-refractivity contribution in [2.24, 2.45) is 0 Å². The molecule has 0 saturated carbocycles. The predicted octanol–water partition coefficient (Wildman–Crippen LogP) is 3.26. The molecule has 0 bridgehead atoms. The van der Waals surface area contributed by atoms with E-state index in [0.717, 1.165) is 0 Å². The van der Waals surface area contributed by atoms with E-state index < -0.39 is 17.4 Å². The van der Waals surface area contributed by atoms with Gasteiger partial charge >= 0.3 is 5.97 Å². The molecule has 4 rings (SSSR count). The summed E-state index contributed by atoms with van der Waals surface area (Å²) in [6, 6.07) is 12.2. The van der Waals surface area contributed by atoms with Gasteiger partial charge in [-0.2, -0.15) is 0 Å². The number of benzene rings is 2. The third-order valence-corrected chi connectivity index (χ3v) is 5.40. The van der Waals surface area contributed by atoms with Crippen LogP contribution >= 0.6 is 0 Å². The second kappa shape index (κ2) is 6.99. The summed E-state index contributed by atoms with van der Waals surface area (Å²) >= 11 is 0. The lowest BCUT2D eigenvalue weighted by Crippen LogP contribution is -2.70. The van der Waals surface area contributed by atoms with Gasteiger partial charge in [0, 0.05) is 18.9 Å². The van der Waals surface area contributed by atoms with Crippen molar-refractivity contribution in [1.82, 2.24) is 4.90 Å². The highest BCUT2D eigenvalue weighted by Gasteiger charge is 2.62. The molecular formula is C22H21FN2O4. The zero-order valence-electron chi connectivity index (χ0n) is 16.2. The molecule has 0 aromatic heterocycles. The molecule has 1 atom stereocenters. The van der Waals surface area contributed by atoms with Crippen LogP contribution in [0.4, 0.5) is 10.1 Å². The number of esters is 1. The monoisotopic (exact) mass is 396 g/mol. The van der Waals surface area contributed by atoms with E-state index >= 15 is 0 Å². The Kier molecular flexibility index (Phi) is 4.61. The van der Waals surface area contributed by atoms with Crippen molar-refractivity contribution in [3.05, 3.63) is 65.5 Å². The standard InChI is InChI=1S/C22H21FN2O4/c1-14(2)24-20(27)17-8-3-4-9-18(17)25-19(26)10-11-22(24,25)21(28)29-13-15-6-5-7-16(23)12-15/h3-9,12,14H,10-11,13H2,1-2H3/t22-/m1/s1. The van der Waals surface area contributed by atoms with E-state index in [1.807, 2.05) is 0 Å². The molecule has 2 aliphatic rings. The molecule has 29 heavy (non-hydrogen) atoms. The number of rotatable bonds is 4. The van der Waals surface area contributed by atoms with E-state index in [2.05, 4.69) is 0 Å². The van der Waals surface area contributed by atoms with Crippen LogP contribution in [0.15, 0.2) is 48.5 Å². The van der Waals surface area contributed by atoms with Crippen LogP contribution in [0.2, 0.25) is 0 Å². The summed E-state index contributed by atoms with van der Waals surface area (Å²) in [7, 11) is 0. The van der Waals surface area contributed by atoms with Gasteiger partial charge in [-0.05, 0) is 43.7 Å². The van der Waals surface area contributed by atoms with Crippen LogP contribution in [-0.2, 0) is 20.9 Å². The number of amides is 2. The van der Waals surface area contributed by atoms with Crippen molar-refractivity contribution in [3.8, 4) is 0 Å². The minimum absolute atomic E-state index is 0.125. The fourth-order valence-corrected chi connectivity index (χ4v) is 4.26. The summed E-state index contributed by atoms with van der Waals surface area (Å²) < 4.78 is 19.0. The Morgan fingerprint density at radius 2 is 1.93 bits per heavy atom. The Balaban J connectivity index is 1.76. The van der Waals surface area contributed by atoms with Crippen molar-refractivity contribution in [2.45, 2.75) is 45.0 Å². The quantitative estimate of drug-likeness (QED) is 0.744. The lowest BCUT2D eigenvalue weighted by molar-refractivity contribution is -0.159. The maximum Gasteiger partial charge on any atom is 0.354 e. The molecule has 0 spiro atoms. The first-order valence-electron chi connectivity index (χ1n) is 9.53. The topological polar surface area (TPSA) is 66.9 Å². The minimum atomic E-state index is -1.54. The van der Waals surface area contributed by atoms with Crippen LogP contribution in [-0.4, -0.2) is 34.4 Å². The van der Waals surface area contributed by atoms with Crippen molar-refractivity contribution >= 4 is 23.5 Å². The van der Waals surface area contributed by atoms with Gasteiger partial charge in [0.15, 0.2) is 0 Å². The highest BCUT2D eigenvalue weighted by Crippen LogP contribution is 2.46. The number of ether oxygens (including phenoxy) is 1. The van der Waals surface area contributed by atoms with E-state index in [4.69, 9.17) is 4.74 Å². The molecule has 1 fully saturated rings. The third-order valence-electron chi connectivity index (χ3n) is 5.40. The van der Waals surface area contributed by atoms with Crippen molar-refractivity contribution in [3.63, 3.8) is 0 Å². The highest BCUT2D eigenvalue weighted by atomic mass is 19.1. The van der Waals surface area contributed by atoms with Crippen LogP contribution in [0, 0.1) is 5.82 Å². The van der Waals surface area contributed by atoms with Gasteiger partial charge in [-0.25, -0.2) is 9.18 Å². The van der Waals surface area contributed by atoms with Gasteiger partial charge < -0.3 is 9.64 Å². The molecule has 0 unspecified atom stereocenters. The van der Waals surface area contributed by atoms with E-state index in [9.17, 15) is 18.8 Å². The number of hydrogen-bond donors (Lipinski definition) is 0. The summed E-state index contributed by atoms with van der Waals surface area (Å²) in [5.41, 5.74) is -0.252. The number of nitrogens with zero attached hydrogens (tertiary/aromatic N) is 2. The number of anilines is 1. The number of halogens is 1. The van der Waals surface area contributed by atoms with Crippen molar-refractivity contribution in [2.75, 3.05) is 4.90 Å². The van der Waals surface area contributed by atoms with E-state index in [1.54, 1.807) is 44.2 Å². The zero-order chi connectivity index (χ0) is 20.8. The number of hydrogen-bond acceptors (Lipinski definition) is 4. The summed E-state index contributed by atoms with van der Waals surface area (Å²) in [4.78, 5) is 42.3. The minimum Gasteiger partial charge on any atom is -0.458 e. The first kappa shape index (κ1) is 19.1. The average Bonchev–Trinajstić information content (AvgIpc) is 3.04. The first-order chi connectivity index (χ1) is 13.9. The molecule has 0 N–H and O–H groups in total. The lowest BCUT2D eigenvalue weighted by atomic mass is 9.95. The van der Waals surface area contributed by atoms with Crippen LogP contribution in [0.3, 0.4) is 0 Å². The second-order valence-electron chi connectivity index (χ2n) is 7.54. The van der Waals surface area contributed by atoms with Gasteiger partial charge in [0.2, 0.25) is 11.6 Å². The normalized spacial score (nSPS) is 20.7. The fraction of sp³-hybridized carbons (Fsp3) is 0.318. The third kappa shape index (κ3) is 2.88. The van der Waals surface area contributed by atoms with Gasteiger partial charge in [-0.3, -0.25) is 14.5 Å². The molecule has 7 heteroatoms. The Bertz CT molecular complexity index is 1010. The number of fused-ring (bicyclic) bond motifs is 3. The van der Waals surface area contributed by atoms with E-state index in [1.165, 1.54) is 28.0 Å². The van der Waals surface area contributed by atoms with Gasteiger partial charge in [0.25, 0.3) is 5.91 Å². The largest absolute Gasteiger partial charge is 0.458 e. The molecule has 2 heterocycles. The Morgan fingerprint density at radius 1 is 1.17 bits per heavy atom. The SMILES string of the molecule is CC(C)N1C(=O)c2ccccc2N2C(=O)CC[C@]21C(=O)OCc1cccc(F)c1. The fourth-order valence-electron chi connectivity index (χ4n) is 4.26. The van der Waals surface area contributed by atoms with Gasteiger partial charge in [0.05, 0.1) is 11.3 Å². The molecule has 2 aromatic rings. The molecule has 150 valence electrons. The van der Waals surface area contributed by atoms with Gasteiger partial charge in [-0.1, -0.05) is 24.3 Å². The lowest BCUT2D eigenvalue weighted by Gasteiger charge is -2.50. The Labute approximate surface area is 167 Å². The first-order valence-corrected chi connectivity index (χ1v) is 9.53. The summed E-state index contributed by atoms with van der Waals surface area (Å²) in [6.07, 6.45) is 0.270. The summed E-state index contributed by atoms with van der Waals surface area (Å²) in [6.45, 7) is 3.45. The second-order valence-corrected chi connectivity index (χ2v) is 7.54. The molecule has 6 nitrogen and oxygen atoms in total. The molecule has 2 aliphatic heterocycles. The predicted molar refractivity (Wildman–Crippen MR) is 103 cm³/mol. The molecular weight excluding hydrogens is 375 g/mol. The molecule has 2 amide bonds. The smallest absolute Gasteiger partial charge is 0.354 e. The highest BCUT2D eigenvalue weighted by molar-refractivity contribution is 6.15. The zero-order valence-corrected chi connectivity index (χ0v) is 16.2. The molecule has 1 saturated heterocycles. The van der Waals surface area contributed by atoms with Crippen LogP contribution in [0.1, 0.15) is 42.6 Å². The maximum atomic E-state index is 13.4. The van der Waals surface area contributed by atoms with Gasteiger partial charge in [0.1, 0.15) is 12.4 Å². The molecule has 0 aliphatic carbocycles. The summed E-state index contributed by atoms with van der Waals surface area (Å²) in [5.74, 6) is -1.67. The maximum absolute atomic E-state index is 13.4.